The number of carbonyl (C=O) groups is 1. The van der Waals surface area contributed by atoms with Crippen molar-refractivity contribution in [3.8, 4) is 0 Å². The fourth-order valence-corrected chi connectivity index (χ4v) is 1.24. The molecule has 0 radical (unpaired) electrons. The van der Waals surface area contributed by atoms with Gasteiger partial charge in [-0.15, -0.1) is 13.2 Å². The number of rotatable bonds is 8. The van der Waals surface area contributed by atoms with Crippen LogP contribution in [0.15, 0.2) is 49.2 Å². The van der Waals surface area contributed by atoms with Crippen LogP contribution >= 0.6 is 0 Å². The van der Waals surface area contributed by atoms with Gasteiger partial charge in [-0.2, -0.15) is 0 Å². The van der Waals surface area contributed by atoms with E-state index in [2.05, 4.69) is 19.7 Å². The van der Waals surface area contributed by atoms with Crippen molar-refractivity contribution in [3.05, 3.63) is 49.2 Å². The number of hydrogen-bond donors (Lipinski definition) is 0. The molecule has 0 aromatic rings. The summed E-state index contributed by atoms with van der Waals surface area (Å²) < 4.78 is 5.11. The lowest BCUT2D eigenvalue weighted by Gasteiger charge is -2.24. The summed E-state index contributed by atoms with van der Waals surface area (Å²) in [5.74, 6) is -0.374. The molecular weight excluding hydrogens is 214 g/mol. The molecule has 0 rings (SSSR count). The van der Waals surface area contributed by atoms with Crippen molar-refractivity contribution in [3.63, 3.8) is 0 Å². The van der Waals surface area contributed by atoms with Gasteiger partial charge in [0.25, 0.3) is 0 Å². The predicted octanol–water partition coefficient (Wildman–Crippen LogP) is 2.68. The molecule has 0 aromatic heterocycles. The molecule has 3 heteroatoms. The van der Waals surface area contributed by atoms with Gasteiger partial charge >= 0.3 is 5.97 Å². The summed E-state index contributed by atoms with van der Waals surface area (Å²) in [6.45, 7) is 16.1. The van der Waals surface area contributed by atoms with Gasteiger partial charge in [-0.1, -0.05) is 24.8 Å². The standard InChI is InChI=1S/C14H21NO2/c1-6-9-15(10-7-2)13(8-3)11-17-14(16)12(4)5/h6-8H,1-2,4,9-11H2,3,5H3. The second-order valence-electron chi connectivity index (χ2n) is 3.62. The van der Waals surface area contributed by atoms with Crippen LogP contribution in [0.4, 0.5) is 0 Å². The van der Waals surface area contributed by atoms with Crippen LogP contribution in [0.3, 0.4) is 0 Å². The molecule has 0 aromatic carbocycles. The molecule has 0 saturated heterocycles. The van der Waals surface area contributed by atoms with Gasteiger partial charge in [-0.25, -0.2) is 4.79 Å². The molecule has 0 unspecified atom stereocenters. The Hall–Kier alpha value is -1.77. The zero-order valence-electron chi connectivity index (χ0n) is 10.7. The van der Waals surface area contributed by atoms with Gasteiger partial charge in [0.15, 0.2) is 0 Å². The van der Waals surface area contributed by atoms with Crippen LogP contribution in [0.25, 0.3) is 0 Å². The van der Waals surface area contributed by atoms with Crippen molar-refractivity contribution in [2.24, 2.45) is 0 Å². The Morgan fingerprint density at radius 3 is 2.18 bits per heavy atom. The fourth-order valence-electron chi connectivity index (χ4n) is 1.24. The molecule has 0 aliphatic rings. The molecule has 0 saturated carbocycles. The Kier molecular flexibility index (Phi) is 7.52. The monoisotopic (exact) mass is 235 g/mol. The van der Waals surface area contributed by atoms with Crippen molar-refractivity contribution in [1.82, 2.24) is 4.90 Å². The van der Waals surface area contributed by atoms with Gasteiger partial charge < -0.3 is 9.64 Å². The molecular formula is C14H21NO2. The van der Waals surface area contributed by atoms with Crippen LogP contribution in [0.2, 0.25) is 0 Å². The van der Waals surface area contributed by atoms with Crippen LogP contribution < -0.4 is 0 Å². The van der Waals surface area contributed by atoms with Crippen LogP contribution in [0, 0.1) is 0 Å². The molecule has 0 spiro atoms. The average Bonchev–Trinajstić information content (AvgIpc) is 2.29. The fraction of sp³-hybridized carbons (Fsp3) is 0.357. The van der Waals surface area contributed by atoms with Crippen molar-refractivity contribution in [1.29, 1.82) is 0 Å². The molecule has 94 valence electrons. The summed E-state index contributed by atoms with van der Waals surface area (Å²) in [5, 5.41) is 0. The van der Waals surface area contributed by atoms with Gasteiger partial charge in [0, 0.05) is 24.4 Å². The predicted molar refractivity (Wildman–Crippen MR) is 71.5 cm³/mol. The minimum absolute atomic E-state index is 0.240. The van der Waals surface area contributed by atoms with Crippen LogP contribution in [0.1, 0.15) is 13.8 Å². The molecule has 0 N–H and O–H groups in total. The molecule has 0 aliphatic carbocycles. The number of carbonyl (C=O) groups excluding carboxylic acids is 1. The van der Waals surface area contributed by atoms with E-state index in [1.54, 1.807) is 19.1 Å². The van der Waals surface area contributed by atoms with E-state index in [4.69, 9.17) is 4.74 Å². The highest BCUT2D eigenvalue weighted by Gasteiger charge is 2.09. The molecule has 0 fully saturated rings. The molecule has 0 aliphatic heterocycles. The van der Waals surface area contributed by atoms with E-state index in [-0.39, 0.29) is 12.6 Å². The number of esters is 1. The molecule has 0 bridgehead atoms. The van der Waals surface area contributed by atoms with E-state index in [1.807, 2.05) is 17.9 Å². The number of hydrogen-bond acceptors (Lipinski definition) is 3. The molecule has 0 atom stereocenters. The molecule has 17 heavy (non-hydrogen) atoms. The van der Waals surface area contributed by atoms with Gasteiger partial charge in [0.1, 0.15) is 6.61 Å². The third-order valence-electron chi connectivity index (χ3n) is 2.14. The van der Waals surface area contributed by atoms with Crippen molar-refractivity contribution < 1.29 is 9.53 Å². The van der Waals surface area contributed by atoms with Gasteiger partial charge in [0.2, 0.25) is 0 Å². The van der Waals surface area contributed by atoms with Crippen molar-refractivity contribution >= 4 is 5.97 Å². The maximum absolute atomic E-state index is 11.3. The zero-order valence-corrected chi connectivity index (χ0v) is 10.7. The third-order valence-corrected chi connectivity index (χ3v) is 2.14. The quantitative estimate of drug-likeness (QED) is 0.368. The minimum atomic E-state index is -0.374. The smallest absolute Gasteiger partial charge is 0.333 e. The van der Waals surface area contributed by atoms with E-state index < -0.39 is 0 Å². The number of nitrogens with zero attached hydrogens (tertiary/aromatic N) is 1. The third kappa shape index (κ3) is 5.76. The summed E-state index contributed by atoms with van der Waals surface area (Å²) in [4.78, 5) is 13.3. The second-order valence-corrected chi connectivity index (χ2v) is 3.62. The highest BCUT2D eigenvalue weighted by molar-refractivity contribution is 5.87. The van der Waals surface area contributed by atoms with Crippen LogP contribution in [0.5, 0.6) is 0 Å². The molecule has 0 amide bonds. The van der Waals surface area contributed by atoms with Crippen LogP contribution in [-0.2, 0) is 9.53 Å². The Bertz CT molecular complexity index is 319. The van der Waals surface area contributed by atoms with E-state index in [0.717, 1.165) is 5.70 Å². The average molecular weight is 235 g/mol. The Morgan fingerprint density at radius 1 is 1.29 bits per heavy atom. The molecule has 0 heterocycles. The number of ether oxygens (including phenoxy) is 1. The Balaban J connectivity index is 4.48. The zero-order chi connectivity index (χ0) is 13.3. The number of allylic oxidation sites excluding steroid dienone is 1. The SMILES string of the molecule is C=CCN(CC=C)C(=CC)COC(=O)C(=C)C. The van der Waals surface area contributed by atoms with E-state index in [0.29, 0.717) is 18.7 Å². The molecule has 3 nitrogen and oxygen atoms in total. The van der Waals surface area contributed by atoms with Gasteiger partial charge in [-0.05, 0) is 13.8 Å². The summed E-state index contributed by atoms with van der Waals surface area (Å²) >= 11 is 0. The van der Waals surface area contributed by atoms with Crippen molar-refractivity contribution in [2.75, 3.05) is 19.7 Å². The van der Waals surface area contributed by atoms with Gasteiger partial charge in [0.05, 0.1) is 0 Å². The summed E-state index contributed by atoms with van der Waals surface area (Å²) in [5.41, 5.74) is 1.33. The van der Waals surface area contributed by atoms with Gasteiger partial charge in [-0.3, -0.25) is 0 Å². The van der Waals surface area contributed by atoms with E-state index in [9.17, 15) is 4.79 Å². The first kappa shape index (κ1) is 15.2. The Labute approximate surface area is 104 Å². The lowest BCUT2D eigenvalue weighted by molar-refractivity contribution is -0.138. The lowest BCUT2D eigenvalue weighted by atomic mass is 10.3. The lowest BCUT2D eigenvalue weighted by Crippen LogP contribution is -2.26. The first-order chi connectivity index (χ1) is 8.06. The first-order valence-electron chi connectivity index (χ1n) is 5.51. The van der Waals surface area contributed by atoms with E-state index in [1.165, 1.54) is 0 Å². The Morgan fingerprint density at radius 2 is 1.82 bits per heavy atom. The van der Waals surface area contributed by atoms with Crippen molar-refractivity contribution in [2.45, 2.75) is 13.8 Å². The topological polar surface area (TPSA) is 29.5 Å². The summed E-state index contributed by atoms with van der Waals surface area (Å²) in [7, 11) is 0. The summed E-state index contributed by atoms with van der Waals surface area (Å²) in [6.07, 6.45) is 5.51. The van der Waals surface area contributed by atoms with Crippen LogP contribution in [-0.4, -0.2) is 30.6 Å². The highest BCUT2D eigenvalue weighted by Crippen LogP contribution is 2.06. The second kappa shape index (κ2) is 8.39. The highest BCUT2D eigenvalue weighted by atomic mass is 16.5. The maximum atomic E-state index is 11.3. The minimum Gasteiger partial charge on any atom is -0.456 e. The largest absolute Gasteiger partial charge is 0.456 e. The normalized spacial score (nSPS) is 10.6. The maximum Gasteiger partial charge on any atom is 0.333 e. The van der Waals surface area contributed by atoms with E-state index >= 15 is 0 Å². The first-order valence-corrected chi connectivity index (χ1v) is 5.51. The summed E-state index contributed by atoms with van der Waals surface area (Å²) in [6, 6.07) is 0.